The Morgan fingerprint density at radius 2 is 1.96 bits per heavy atom. The molecule has 0 radical (unpaired) electrons. The van der Waals surface area contributed by atoms with Gasteiger partial charge in [0.1, 0.15) is 17.1 Å². The first-order chi connectivity index (χ1) is 13.2. The molecule has 1 spiro atoms. The zero-order chi connectivity index (χ0) is 18.3. The fraction of sp³-hybridized carbons (Fsp3) is 0.348. The topological polar surface area (TPSA) is 64.3 Å². The molecule has 3 fully saturated rings. The van der Waals surface area contributed by atoms with Gasteiger partial charge in [-0.05, 0) is 48.1 Å². The molecule has 0 amide bonds. The lowest BCUT2D eigenvalue weighted by molar-refractivity contribution is -0.129. The van der Waals surface area contributed by atoms with Crippen LogP contribution in [0.4, 0.5) is 0 Å². The second-order valence-corrected chi connectivity index (χ2v) is 8.27. The summed E-state index contributed by atoms with van der Waals surface area (Å²) in [5, 5.41) is 2.70. The number of carbonyl (C=O) groups is 3. The predicted molar refractivity (Wildman–Crippen MR) is 99.7 cm³/mol. The van der Waals surface area contributed by atoms with Crippen LogP contribution in [-0.4, -0.2) is 17.9 Å². The van der Waals surface area contributed by atoms with Crippen LogP contribution in [0.25, 0.3) is 21.7 Å². The lowest BCUT2D eigenvalue weighted by Gasteiger charge is -2.27. The average molecular weight is 358 g/mol. The SMILES string of the molecule is O=Cc1cccc2c1ccc1occ(C3CCC(=O)C4C5CCC54C3=O)c12. The van der Waals surface area contributed by atoms with Crippen molar-refractivity contribution >= 4 is 39.6 Å². The van der Waals surface area contributed by atoms with E-state index in [-0.39, 0.29) is 34.7 Å². The van der Waals surface area contributed by atoms with Gasteiger partial charge >= 0.3 is 0 Å². The van der Waals surface area contributed by atoms with Gasteiger partial charge in [-0.1, -0.05) is 18.2 Å². The van der Waals surface area contributed by atoms with E-state index >= 15 is 0 Å². The van der Waals surface area contributed by atoms with E-state index in [0.717, 1.165) is 46.4 Å². The highest BCUT2D eigenvalue weighted by Crippen LogP contribution is 2.75. The monoisotopic (exact) mass is 358 g/mol. The highest BCUT2D eigenvalue weighted by atomic mass is 16.3. The number of benzene rings is 2. The maximum absolute atomic E-state index is 13.5. The molecule has 4 unspecified atom stereocenters. The van der Waals surface area contributed by atoms with Crippen molar-refractivity contribution < 1.29 is 18.8 Å². The van der Waals surface area contributed by atoms with Gasteiger partial charge in [0.05, 0.1) is 6.26 Å². The van der Waals surface area contributed by atoms with Crippen LogP contribution >= 0.6 is 0 Å². The average Bonchev–Trinajstić information content (AvgIpc) is 2.98. The Labute approximate surface area is 155 Å². The minimum Gasteiger partial charge on any atom is -0.464 e. The largest absolute Gasteiger partial charge is 0.464 e. The van der Waals surface area contributed by atoms with Gasteiger partial charge in [-0.2, -0.15) is 0 Å². The lowest BCUT2D eigenvalue weighted by atomic mass is 9.74. The van der Waals surface area contributed by atoms with E-state index in [1.807, 2.05) is 24.3 Å². The molecule has 134 valence electrons. The number of hydrogen-bond acceptors (Lipinski definition) is 4. The van der Waals surface area contributed by atoms with Crippen molar-refractivity contribution in [3.63, 3.8) is 0 Å². The fourth-order valence-corrected chi connectivity index (χ4v) is 5.93. The van der Waals surface area contributed by atoms with Crippen LogP contribution in [0.15, 0.2) is 41.0 Å². The molecule has 6 rings (SSSR count). The third kappa shape index (κ3) is 1.71. The first-order valence-corrected chi connectivity index (χ1v) is 9.62. The summed E-state index contributed by atoms with van der Waals surface area (Å²) in [7, 11) is 0. The molecule has 4 heteroatoms. The molecule has 0 aliphatic heterocycles. The van der Waals surface area contributed by atoms with Crippen molar-refractivity contribution in [1.29, 1.82) is 0 Å². The van der Waals surface area contributed by atoms with Crippen molar-refractivity contribution in [1.82, 2.24) is 0 Å². The van der Waals surface area contributed by atoms with Gasteiger partial charge in [0.2, 0.25) is 0 Å². The smallest absolute Gasteiger partial charge is 0.150 e. The molecule has 0 N–H and O–H groups in total. The van der Waals surface area contributed by atoms with Crippen molar-refractivity contribution in [2.24, 2.45) is 17.3 Å². The van der Waals surface area contributed by atoms with Crippen LogP contribution in [0.1, 0.15) is 47.5 Å². The standard InChI is InChI=1S/C23H18O4/c24-10-12-2-1-3-14-13(12)5-7-19-20(14)16(11-27-19)15-4-6-18(25)21-17-8-9-23(17,21)22(15)26/h1-3,5,7,10-11,15,17,21H,4,6,8-9H2. The minimum absolute atomic E-state index is 0.0217. The van der Waals surface area contributed by atoms with E-state index in [1.54, 1.807) is 12.3 Å². The molecular weight excluding hydrogens is 340 g/mol. The molecule has 2 aromatic carbocycles. The Bertz CT molecular complexity index is 1170. The van der Waals surface area contributed by atoms with Crippen molar-refractivity contribution in [3.05, 3.63) is 47.7 Å². The van der Waals surface area contributed by atoms with Crippen molar-refractivity contribution in [2.45, 2.75) is 31.6 Å². The molecule has 1 heterocycles. The molecule has 0 saturated heterocycles. The van der Waals surface area contributed by atoms with E-state index in [4.69, 9.17) is 4.42 Å². The van der Waals surface area contributed by atoms with Crippen LogP contribution in [-0.2, 0) is 9.59 Å². The van der Waals surface area contributed by atoms with E-state index in [0.29, 0.717) is 18.4 Å². The predicted octanol–water partition coefficient (Wildman–Crippen LogP) is 4.44. The number of fused-ring (bicyclic) bond motifs is 4. The zero-order valence-corrected chi connectivity index (χ0v) is 14.7. The van der Waals surface area contributed by atoms with Crippen LogP contribution in [0.3, 0.4) is 0 Å². The molecule has 3 aliphatic rings. The van der Waals surface area contributed by atoms with Crippen molar-refractivity contribution in [2.75, 3.05) is 0 Å². The van der Waals surface area contributed by atoms with Crippen LogP contribution in [0, 0.1) is 17.3 Å². The third-order valence-electron chi connectivity index (χ3n) is 7.34. The Morgan fingerprint density at radius 1 is 1.07 bits per heavy atom. The second kappa shape index (κ2) is 4.94. The van der Waals surface area contributed by atoms with Crippen LogP contribution < -0.4 is 0 Å². The molecule has 0 bridgehead atoms. The Morgan fingerprint density at radius 3 is 2.74 bits per heavy atom. The molecule has 1 aromatic heterocycles. The van der Waals surface area contributed by atoms with Gasteiger partial charge in [0.25, 0.3) is 0 Å². The normalized spacial score (nSPS) is 31.9. The number of furan rings is 1. The summed E-state index contributed by atoms with van der Waals surface area (Å²) in [6.45, 7) is 0. The Kier molecular flexibility index (Phi) is 2.81. The highest BCUT2D eigenvalue weighted by molar-refractivity contribution is 6.14. The second-order valence-electron chi connectivity index (χ2n) is 8.27. The molecular formula is C23H18O4. The minimum atomic E-state index is -0.375. The van der Waals surface area contributed by atoms with E-state index in [9.17, 15) is 14.4 Å². The molecule has 4 atom stereocenters. The van der Waals surface area contributed by atoms with E-state index < -0.39 is 0 Å². The number of Topliss-reactive ketones (excluding diaryl/α,β-unsaturated/α-hetero) is 2. The molecule has 27 heavy (non-hydrogen) atoms. The van der Waals surface area contributed by atoms with Gasteiger partial charge in [-0.3, -0.25) is 14.4 Å². The maximum atomic E-state index is 13.5. The Hall–Kier alpha value is -2.75. The molecule has 4 nitrogen and oxygen atoms in total. The lowest BCUT2D eigenvalue weighted by Crippen LogP contribution is -2.30. The first-order valence-electron chi connectivity index (χ1n) is 9.62. The van der Waals surface area contributed by atoms with Gasteiger partial charge in [-0.25, -0.2) is 0 Å². The summed E-state index contributed by atoms with van der Waals surface area (Å²) in [4.78, 5) is 37.4. The number of hydrogen-bond donors (Lipinski definition) is 0. The number of ketones is 2. The Balaban J connectivity index is 1.57. The highest BCUT2D eigenvalue weighted by Gasteiger charge is 2.77. The molecule has 3 aliphatic carbocycles. The summed E-state index contributed by atoms with van der Waals surface area (Å²) in [6, 6.07) is 9.39. The van der Waals surface area contributed by atoms with Gasteiger partial charge in [0.15, 0.2) is 6.29 Å². The van der Waals surface area contributed by atoms with Gasteiger partial charge in [-0.15, -0.1) is 0 Å². The van der Waals surface area contributed by atoms with E-state index in [1.165, 1.54) is 0 Å². The molecule has 3 aromatic rings. The van der Waals surface area contributed by atoms with Crippen LogP contribution in [0.2, 0.25) is 0 Å². The van der Waals surface area contributed by atoms with Crippen LogP contribution in [0.5, 0.6) is 0 Å². The summed E-state index contributed by atoms with van der Waals surface area (Å²) in [5.41, 5.74) is 1.85. The van der Waals surface area contributed by atoms with E-state index in [2.05, 4.69) is 0 Å². The maximum Gasteiger partial charge on any atom is 0.150 e. The summed E-state index contributed by atoms with van der Waals surface area (Å²) < 4.78 is 5.80. The summed E-state index contributed by atoms with van der Waals surface area (Å²) in [6.07, 6.45) is 5.44. The van der Waals surface area contributed by atoms with Crippen molar-refractivity contribution in [3.8, 4) is 0 Å². The fourth-order valence-electron chi connectivity index (χ4n) is 5.93. The third-order valence-corrected chi connectivity index (χ3v) is 7.34. The number of carbonyl (C=O) groups excluding carboxylic acids is 3. The molecule has 3 saturated carbocycles. The number of rotatable bonds is 2. The zero-order valence-electron chi connectivity index (χ0n) is 14.7. The first kappa shape index (κ1) is 15.3. The summed E-state index contributed by atoms with van der Waals surface area (Å²) >= 11 is 0. The van der Waals surface area contributed by atoms with Gasteiger partial charge in [0, 0.05) is 40.2 Å². The quantitative estimate of drug-likeness (QED) is 0.635. The summed E-state index contributed by atoms with van der Waals surface area (Å²) in [5.74, 6) is 0.481. The van der Waals surface area contributed by atoms with Gasteiger partial charge < -0.3 is 4.42 Å². The number of aldehydes is 1.